The van der Waals surface area contributed by atoms with E-state index in [4.69, 9.17) is 9.84 Å². The summed E-state index contributed by atoms with van der Waals surface area (Å²) < 4.78 is 5.28. The summed E-state index contributed by atoms with van der Waals surface area (Å²) in [6, 6.07) is 0.545. The van der Waals surface area contributed by atoms with Crippen LogP contribution in [-0.4, -0.2) is 52.8 Å². The fraction of sp³-hybridized carbons (Fsp3) is 0.867. The predicted molar refractivity (Wildman–Crippen MR) is 78.1 cm³/mol. The van der Waals surface area contributed by atoms with Crippen LogP contribution in [0.4, 0.5) is 4.79 Å². The maximum Gasteiger partial charge on any atom is 0.407 e. The number of ether oxygens (including phenoxy) is 1. The number of likely N-dealkylation sites (tertiary alicyclic amines) is 1. The van der Waals surface area contributed by atoms with Gasteiger partial charge in [-0.25, -0.2) is 4.79 Å². The molecule has 2 N–H and O–H groups in total. The minimum atomic E-state index is -0.770. The Morgan fingerprint density at radius 3 is 2.48 bits per heavy atom. The van der Waals surface area contributed by atoms with Crippen LogP contribution >= 0.6 is 0 Å². The normalized spacial score (nSPS) is 27.2. The number of hydrogen-bond donors (Lipinski definition) is 2. The van der Waals surface area contributed by atoms with Crippen LogP contribution in [-0.2, 0) is 9.53 Å². The van der Waals surface area contributed by atoms with Gasteiger partial charge >= 0.3 is 12.1 Å². The molecule has 0 radical (unpaired) electrons. The van der Waals surface area contributed by atoms with Gasteiger partial charge in [0, 0.05) is 31.6 Å². The Labute approximate surface area is 125 Å². The van der Waals surface area contributed by atoms with Gasteiger partial charge < -0.3 is 15.2 Å². The highest BCUT2D eigenvalue weighted by Gasteiger charge is 2.37. The first-order valence-electron chi connectivity index (χ1n) is 7.68. The average Bonchev–Trinajstić information content (AvgIpc) is 3.07. The molecule has 2 atom stereocenters. The lowest BCUT2D eigenvalue weighted by Crippen LogP contribution is -2.52. The summed E-state index contributed by atoms with van der Waals surface area (Å²) in [6.45, 7) is 7.11. The van der Waals surface area contributed by atoms with E-state index in [-0.39, 0.29) is 18.4 Å². The van der Waals surface area contributed by atoms with Crippen molar-refractivity contribution in [2.24, 2.45) is 5.92 Å². The van der Waals surface area contributed by atoms with E-state index in [1.165, 1.54) is 12.8 Å². The molecule has 2 fully saturated rings. The van der Waals surface area contributed by atoms with Gasteiger partial charge in [0.1, 0.15) is 5.60 Å². The summed E-state index contributed by atoms with van der Waals surface area (Å²) in [5.74, 6) is -0.676. The van der Waals surface area contributed by atoms with E-state index in [1.807, 2.05) is 20.8 Å². The third kappa shape index (κ3) is 5.53. The number of amides is 1. The second kappa shape index (κ2) is 6.22. The number of carbonyl (C=O) groups is 2. The molecule has 0 spiro atoms. The van der Waals surface area contributed by atoms with Crippen LogP contribution in [0.15, 0.2) is 0 Å². The first kappa shape index (κ1) is 16.1. The molecular weight excluding hydrogens is 272 g/mol. The van der Waals surface area contributed by atoms with Crippen LogP contribution in [0.25, 0.3) is 0 Å². The minimum Gasteiger partial charge on any atom is -0.481 e. The van der Waals surface area contributed by atoms with Gasteiger partial charge in [0.25, 0.3) is 0 Å². The molecule has 1 saturated carbocycles. The summed E-state index contributed by atoms with van der Waals surface area (Å²) >= 11 is 0. The lowest BCUT2D eigenvalue weighted by molar-refractivity contribution is -0.138. The lowest BCUT2D eigenvalue weighted by atomic mass is 9.91. The largest absolute Gasteiger partial charge is 0.481 e. The lowest BCUT2D eigenvalue weighted by Gasteiger charge is -2.38. The van der Waals surface area contributed by atoms with Crippen molar-refractivity contribution >= 4 is 12.1 Å². The van der Waals surface area contributed by atoms with E-state index in [9.17, 15) is 9.59 Å². The first-order chi connectivity index (χ1) is 9.73. The monoisotopic (exact) mass is 298 g/mol. The second-order valence-electron chi connectivity index (χ2n) is 7.23. The number of aliphatic carboxylic acids is 1. The Bertz CT molecular complexity index is 401. The Kier molecular flexibility index (Phi) is 4.76. The Morgan fingerprint density at radius 1 is 1.29 bits per heavy atom. The van der Waals surface area contributed by atoms with Gasteiger partial charge in [-0.2, -0.15) is 0 Å². The molecular formula is C15H26N2O4. The molecule has 2 rings (SSSR count). The van der Waals surface area contributed by atoms with E-state index in [0.717, 1.165) is 13.1 Å². The van der Waals surface area contributed by atoms with Crippen molar-refractivity contribution in [2.75, 3.05) is 13.1 Å². The number of alkyl carbamates (subject to hydrolysis) is 1. The SMILES string of the molecule is CC(C)(C)OC(=O)NC1CC(CC(=O)O)CN(C2CC2)C1. The maximum atomic E-state index is 11.9. The molecule has 2 unspecified atom stereocenters. The van der Waals surface area contributed by atoms with E-state index in [2.05, 4.69) is 10.2 Å². The van der Waals surface area contributed by atoms with Crippen molar-refractivity contribution in [1.82, 2.24) is 10.2 Å². The number of piperidine rings is 1. The van der Waals surface area contributed by atoms with Gasteiger partial charge in [-0.15, -0.1) is 0 Å². The molecule has 2 aliphatic rings. The van der Waals surface area contributed by atoms with Gasteiger partial charge in [0.05, 0.1) is 0 Å². The Balaban J connectivity index is 1.90. The number of nitrogens with one attached hydrogen (secondary N) is 1. The highest BCUT2D eigenvalue weighted by molar-refractivity contribution is 5.68. The van der Waals surface area contributed by atoms with Gasteiger partial charge in [-0.05, 0) is 46.0 Å². The average molecular weight is 298 g/mol. The number of rotatable bonds is 4. The molecule has 120 valence electrons. The predicted octanol–water partition coefficient (Wildman–Crippen LogP) is 1.84. The standard InChI is InChI=1S/C15H26N2O4/c1-15(2,3)21-14(20)16-11-6-10(7-13(18)19)8-17(9-11)12-4-5-12/h10-12H,4-9H2,1-3H3,(H,16,20)(H,18,19). The molecule has 0 bridgehead atoms. The fourth-order valence-corrected chi connectivity index (χ4v) is 2.95. The van der Waals surface area contributed by atoms with Crippen LogP contribution in [0.5, 0.6) is 0 Å². The van der Waals surface area contributed by atoms with Crippen LogP contribution < -0.4 is 5.32 Å². The van der Waals surface area contributed by atoms with Crippen LogP contribution in [0, 0.1) is 5.92 Å². The molecule has 21 heavy (non-hydrogen) atoms. The highest BCUT2D eigenvalue weighted by atomic mass is 16.6. The summed E-state index contributed by atoms with van der Waals surface area (Å²) in [5, 5.41) is 11.9. The third-order valence-corrected chi connectivity index (χ3v) is 3.81. The van der Waals surface area contributed by atoms with Gasteiger partial charge in [-0.3, -0.25) is 9.69 Å². The Hall–Kier alpha value is -1.30. The second-order valence-corrected chi connectivity index (χ2v) is 7.23. The van der Waals surface area contributed by atoms with E-state index >= 15 is 0 Å². The van der Waals surface area contributed by atoms with E-state index in [1.54, 1.807) is 0 Å². The summed E-state index contributed by atoms with van der Waals surface area (Å²) in [7, 11) is 0. The molecule has 0 aromatic heterocycles. The molecule has 0 aromatic rings. The maximum absolute atomic E-state index is 11.9. The van der Waals surface area contributed by atoms with Crippen molar-refractivity contribution in [3.05, 3.63) is 0 Å². The molecule has 0 aromatic carbocycles. The molecule has 6 heteroatoms. The van der Waals surface area contributed by atoms with Gasteiger partial charge in [0.2, 0.25) is 0 Å². The summed E-state index contributed by atoms with van der Waals surface area (Å²) in [5.41, 5.74) is -0.518. The number of carbonyl (C=O) groups excluding carboxylic acids is 1. The van der Waals surface area contributed by atoms with Crippen LogP contribution in [0.1, 0.15) is 46.5 Å². The number of nitrogens with zero attached hydrogens (tertiary/aromatic N) is 1. The Morgan fingerprint density at radius 2 is 1.95 bits per heavy atom. The minimum absolute atomic E-state index is 0.0291. The van der Waals surface area contributed by atoms with E-state index < -0.39 is 17.7 Å². The van der Waals surface area contributed by atoms with Crippen molar-refractivity contribution < 1.29 is 19.4 Å². The molecule has 6 nitrogen and oxygen atoms in total. The van der Waals surface area contributed by atoms with Crippen LogP contribution in [0.3, 0.4) is 0 Å². The van der Waals surface area contributed by atoms with Gasteiger partial charge in [0.15, 0.2) is 0 Å². The number of carboxylic acids is 1. The first-order valence-corrected chi connectivity index (χ1v) is 7.68. The zero-order chi connectivity index (χ0) is 15.6. The molecule has 1 aliphatic heterocycles. The molecule has 1 aliphatic carbocycles. The molecule has 1 amide bonds. The zero-order valence-corrected chi connectivity index (χ0v) is 13.1. The highest BCUT2D eigenvalue weighted by Crippen LogP contribution is 2.32. The number of hydrogen-bond acceptors (Lipinski definition) is 4. The summed E-state index contributed by atoms with van der Waals surface area (Å²) in [6.07, 6.45) is 2.81. The molecule has 1 saturated heterocycles. The summed E-state index contributed by atoms with van der Waals surface area (Å²) in [4.78, 5) is 25.1. The fourth-order valence-electron chi connectivity index (χ4n) is 2.95. The van der Waals surface area contributed by atoms with Crippen molar-refractivity contribution in [2.45, 2.75) is 64.1 Å². The quantitative estimate of drug-likeness (QED) is 0.828. The third-order valence-electron chi connectivity index (χ3n) is 3.81. The van der Waals surface area contributed by atoms with Crippen molar-refractivity contribution in [3.63, 3.8) is 0 Å². The van der Waals surface area contributed by atoms with Crippen LogP contribution in [0.2, 0.25) is 0 Å². The topological polar surface area (TPSA) is 78.9 Å². The van der Waals surface area contributed by atoms with Gasteiger partial charge in [-0.1, -0.05) is 0 Å². The van der Waals surface area contributed by atoms with E-state index in [0.29, 0.717) is 12.5 Å². The smallest absolute Gasteiger partial charge is 0.407 e. The molecule has 1 heterocycles. The van der Waals surface area contributed by atoms with Crippen molar-refractivity contribution in [3.8, 4) is 0 Å². The number of carboxylic acid groups (broad SMARTS) is 1. The zero-order valence-electron chi connectivity index (χ0n) is 13.1. The van der Waals surface area contributed by atoms with Crippen molar-refractivity contribution in [1.29, 1.82) is 0 Å².